The number of para-hydroxylation sites is 1. The van der Waals surface area contributed by atoms with Crippen LogP contribution < -0.4 is 11.1 Å². The molecule has 1 aromatic rings. The largest absolute Gasteiger partial charge is 0.377 e. The van der Waals surface area contributed by atoms with E-state index in [1.54, 1.807) is 0 Å². The molecule has 0 heterocycles. The van der Waals surface area contributed by atoms with E-state index in [0.717, 1.165) is 4.47 Å². The fourth-order valence-electron chi connectivity index (χ4n) is 3.53. The van der Waals surface area contributed by atoms with Gasteiger partial charge < -0.3 is 11.1 Å². The van der Waals surface area contributed by atoms with E-state index in [4.69, 9.17) is 5.73 Å². The van der Waals surface area contributed by atoms with Crippen molar-refractivity contribution in [3.8, 4) is 0 Å². The minimum absolute atomic E-state index is 0.0519. The van der Waals surface area contributed by atoms with Gasteiger partial charge in [-0.15, -0.1) is 0 Å². The van der Waals surface area contributed by atoms with Gasteiger partial charge in [0.15, 0.2) is 0 Å². The molecule has 0 saturated heterocycles. The van der Waals surface area contributed by atoms with Crippen LogP contribution in [0.4, 0.5) is 5.69 Å². The molecule has 0 bridgehead atoms. The van der Waals surface area contributed by atoms with Gasteiger partial charge in [-0.2, -0.15) is 0 Å². The van der Waals surface area contributed by atoms with Crippen LogP contribution in [-0.2, 0) is 0 Å². The second-order valence-corrected chi connectivity index (χ2v) is 6.92. The van der Waals surface area contributed by atoms with Crippen molar-refractivity contribution < 1.29 is 0 Å². The summed E-state index contributed by atoms with van der Waals surface area (Å²) in [4.78, 5) is 0. The Morgan fingerprint density at radius 3 is 2.74 bits per heavy atom. The lowest BCUT2D eigenvalue weighted by Crippen LogP contribution is -2.55. The van der Waals surface area contributed by atoms with E-state index in [0.29, 0.717) is 18.4 Å². The Hall–Kier alpha value is -0.540. The third kappa shape index (κ3) is 3.14. The lowest BCUT2D eigenvalue weighted by molar-refractivity contribution is 0.166. The zero-order valence-corrected chi connectivity index (χ0v) is 13.5. The molecule has 1 fully saturated rings. The lowest BCUT2D eigenvalue weighted by Gasteiger charge is -2.47. The Morgan fingerprint density at radius 1 is 1.37 bits per heavy atom. The first-order chi connectivity index (χ1) is 9.09. The molecule has 0 aromatic heterocycles. The third-order valence-corrected chi connectivity index (χ3v) is 5.22. The van der Waals surface area contributed by atoms with Gasteiger partial charge in [0, 0.05) is 16.7 Å². The van der Waals surface area contributed by atoms with Crippen LogP contribution in [0.5, 0.6) is 0 Å². The average molecular weight is 325 g/mol. The number of hydrogen-bond donors (Lipinski definition) is 2. The highest BCUT2D eigenvalue weighted by molar-refractivity contribution is 9.10. The predicted molar refractivity (Wildman–Crippen MR) is 86.3 cm³/mol. The van der Waals surface area contributed by atoms with Gasteiger partial charge in [-0.05, 0) is 52.7 Å². The molecule has 2 unspecified atom stereocenters. The van der Waals surface area contributed by atoms with E-state index >= 15 is 0 Å². The van der Waals surface area contributed by atoms with Crippen molar-refractivity contribution in [3.63, 3.8) is 0 Å². The Bertz CT molecular complexity index is 419. The quantitative estimate of drug-likeness (QED) is 0.861. The molecule has 0 amide bonds. The first-order valence-electron chi connectivity index (χ1n) is 7.32. The van der Waals surface area contributed by atoms with Crippen molar-refractivity contribution in [1.82, 2.24) is 0 Å². The van der Waals surface area contributed by atoms with Gasteiger partial charge in [0.05, 0.1) is 5.54 Å². The van der Waals surface area contributed by atoms with Crippen LogP contribution in [0.3, 0.4) is 0 Å². The number of halogens is 1. The molecule has 0 aliphatic heterocycles. The second-order valence-electron chi connectivity index (χ2n) is 6.06. The fraction of sp³-hybridized carbons (Fsp3) is 0.625. The number of anilines is 1. The summed E-state index contributed by atoms with van der Waals surface area (Å²) < 4.78 is 1.12. The smallest absolute Gasteiger partial charge is 0.0526 e. The zero-order valence-electron chi connectivity index (χ0n) is 12.0. The highest BCUT2D eigenvalue weighted by Crippen LogP contribution is 2.41. The first kappa shape index (κ1) is 14.9. The van der Waals surface area contributed by atoms with E-state index in [1.165, 1.54) is 31.4 Å². The van der Waals surface area contributed by atoms with Crippen LogP contribution in [-0.4, -0.2) is 12.1 Å². The predicted octanol–water partition coefficient (Wildman–Crippen LogP) is 4.40. The molecule has 2 atom stereocenters. The van der Waals surface area contributed by atoms with Crippen molar-refractivity contribution in [2.24, 2.45) is 17.6 Å². The van der Waals surface area contributed by atoms with Gasteiger partial charge in [-0.25, -0.2) is 0 Å². The Labute approximate surface area is 125 Å². The van der Waals surface area contributed by atoms with Gasteiger partial charge in [-0.3, -0.25) is 0 Å². The molecular formula is C16H25BrN2. The van der Waals surface area contributed by atoms with Crippen LogP contribution in [0.2, 0.25) is 0 Å². The van der Waals surface area contributed by atoms with E-state index in [2.05, 4.69) is 53.3 Å². The summed E-state index contributed by atoms with van der Waals surface area (Å²) in [7, 11) is 0. The molecule has 3 heteroatoms. The maximum absolute atomic E-state index is 6.19. The summed E-state index contributed by atoms with van der Waals surface area (Å²) in [6.45, 7) is 5.35. The Balaban J connectivity index is 2.28. The second kappa shape index (κ2) is 6.27. The summed E-state index contributed by atoms with van der Waals surface area (Å²) in [6, 6.07) is 8.34. The first-order valence-corrected chi connectivity index (χ1v) is 8.11. The van der Waals surface area contributed by atoms with Gasteiger partial charge in [0.2, 0.25) is 0 Å². The van der Waals surface area contributed by atoms with Gasteiger partial charge in [0.1, 0.15) is 0 Å². The van der Waals surface area contributed by atoms with Crippen molar-refractivity contribution in [2.45, 2.75) is 45.1 Å². The van der Waals surface area contributed by atoms with Gasteiger partial charge in [0.25, 0.3) is 0 Å². The summed E-state index contributed by atoms with van der Waals surface area (Å²) in [5.41, 5.74) is 7.41. The molecule has 1 aliphatic carbocycles. The van der Waals surface area contributed by atoms with Crippen LogP contribution in [0.25, 0.3) is 0 Å². The molecule has 0 radical (unpaired) electrons. The molecule has 1 aliphatic rings. The zero-order chi connectivity index (χ0) is 13.9. The fourth-order valence-corrected chi connectivity index (χ4v) is 3.91. The summed E-state index contributed by atoms with van der Waals surface area (Å²) in [6.07, 6.45) is 5.07. The summed E-state index contributed by atoms with van der Waals surface area (Å²) >= 11 is 3.63. The SMILES string of the molecule is CC(C)C1CCCCC1(CN)Nc1ccccc1Br. The average Bonchev–Trinajstić information content (AvgIpc) is 2.41. The van der Waals surface area contributed by atoms with Crippen molar-refractivity contribution in [2.75, 3.05) is 11.9 Å². The van der Waals surface area contributed by atoms with E-state index in [1.807, 2.05) is 6.07 Å². The minimum atomic E-state index is 0.0519. The molecule has 3 N–H and O–H groups in total. The topological polar surface area (TPSA) is 38.0 Å². The molecule has 2 rings (SSSR count). The standard InChI is InChI=1S/C16H25BrN2/c1-12(2)13-7-5-6-10-16(13,11-18)19-15-9-4-3-8-14(15)17/h3-4,8-9,12-13,19H,5-7,10-11,18H2,1-2H3. The van der Waals surface area contributed by atoms with Crippen LogP contribution in [0.15, 0.2) is 28.7 Å². The molecule has 106 valence electrons. The molecule has 1 saturated carbocycles. The Kier molecular flexibility index (Phi) is 4.91. The highest BCUT2D eigenvalue weighted by atomic mass is 79.9. The number of nitrogens with two attached hydrogens (primary N) is 1. The minimum Gasteiger partial charge on any atom is -0.377 e. The normalized spacial score (nSPS) is 27.5. The summed E-state index contributed by atoms with van der Waals surface area (Å²) in [5.74, 6) is 1.32. The van der Waals surface area contributed by atoms with E-state index in [9.17, 15) is 0 Å². The van der Waals surface area contributed by atoms with Crippen LogP contribution in [0.1, 0.15) is 39.5 Å². The number of hydrogen-bond acceptors (Lipinski definition) is 2. The van der Waals surface area contributed by atoms with Crippen LogP contribution in [0, 0.1) is 11.8 Å². The lowest BCUT2D eigenvalue weighted by atomic mass is 9.67. The van der Waals surface area contributed by atoms with Crippen molar-refractivity contribution >= 4 is 21.6 Å². The van der Waals surface area contributed by atoms with Crippen molar-refractivity contribution in [1.29, 1.82) is 0 Å². The molecular weight excluding hydrogens is 300 g/mol. The molecule has 19 heavy (non-hydrogen) atoms. The number of nitrogens with one attached hydrogen (secondary N) is 1. The molecule has 2 nitrogen and oxygen atoms in total. The van der Waals surface area contributed by atoms with Crippen molar-refractivity contribution in [3.05, 3.63) is 28.7 Å². The van der Waals surface area contributed by atoms with Gasteiger partial charge >= 0.3 is 0 Å². The number of benzene rings is 1. The maximum Gasteiger partial charge on any atom is 0.0526 e. The van der Waals surface area contributed by atoms with Crippen LogP contribution >= 0.6 is 15.9 Å². The van der Waals surface area contributed by atoms with E-state index < -0.39 is 0 Å². The Morgan fingerprint density at radius 2 is 2.11 bits per heavy atom. The molecule has 1 aromatic carbocycles. The number of rotatable bonds is 4. The van der Waals surface area contributed by atoms with E-state index in [-0.39, 0.29) is 5.54 Å². The van der Waals surface area contributed by atoms with Gasteiger partial charge in [-0.1, -0.05) is 38.8 Å². The monoisotopic (exact) mass is 324 g/mol. The highest BCUT2D eigenvalue weighted by Gasteiger charge is 2.41. The summed E-state index contributed by atoms with van der Waals surface area (Å²) in [5, 5.41) is 3.77. The molecule has 0 spiro atoms. The third-order valence-electron chi connectivity index (χ3n) is 4.52. The maximum atomic E-state index is 6.19.